The van der Waals surface area contributed by atoms with Crippen LogP contribution in [0.1, 0.15) is 28.6 Å². The van der Waals surface area contributed by atoms with Crippen molar-refractivity contribution < 1.29 is 9.53 Å². The summed E-state index contributed by atoms with van der Waals surface area (Å²) in [6.07, 6.45) is 3.52. The zero-order chi connectivity index (χ0) is 18.7. The monoisotopic (exact) mass is 357 g/mol. The molecule has 2 aromatic rings. The number of carbonyl (C=O) groups excluding carboxylic acids is 1. The van der Waals surface area contributed by atoms with Gasteiger partial charge in [-0.05, 0) is 25.5 Å². The summed E-state index contributed by atoms with van der Waals surface area (Å²) >= 11 is 0. The zero-order valence-corrected chi connectivity index (χ0v) is 16.0. The smallest absolute Gasteiger partial charge is 0.244 e. The SMILES string of the molecule is Cc1nn(C)c(C)c1CN(C)C(=O)[C@@H](c1cccnc1)N1CCOCC1. The number of pyridine rings is 1. The number of morpholine rings is 1. The standard InChI is InChI=1S/C19H27N5O2/c1-14-17(15(2)23(4)21-14)13-22(3)19(25)18(16-6-5-7-20-12-16)24-8-10-26-11-9-24/h5-7,12,18H,8-11,13H2,1-4H3/t18-/m1/s1. The van der Waals surface area contributed by atoms with Gasteiger partial charge in [0.1, 0.15) is 6.04 Å². The molecule has 1 saturated heterocycles. The predicted octanol–water partition coefficient (Wildman–Crippen LogP) is 1.46. The summed E-state index contributed by atoms with van der Waals surface area (Å²) in [5.74, 6) is 0.0718. The van der Waals surface area contributed by atoms with Gasteiger partial charge in [-0.2, -0.15) is 5.10 Å². The fourth-order valence-electron chi connectivity index (χ4n) is 3.45. The molecule has 0 N–H and O–H groups in total. The fraction of sp³-hybridized carbons (Fsp3) is 0.526. The Morgan fingerprint density at radius 1 is 1.35 bits per heavy atom. The van der Waals surface area contributed by atoms with Gasteiger partial charge in [-0.15, -0.1) is 0 Å². The van der Waals surface area contributed by atoms with Gasteiger partial charge in [0.2, 0.25) is 5.91 Å². The van der Waals surface area contributed by atoms with Crippen LogP contribution in [0.3, 0.4) is 0 Å². The molecule has 1 aliphatic rings. The Morgan fingerprint density at radius 2 is 2.08 bits per heavy atom. The third-order valence-electron chi connectivity index (χ3n) is 5.08. The average Bonchev–Trinajstić information content (AvgIpc) is 2.89. The number of likely N-dealkylation sites (N-methyl/N-ethyl adjacent to an activating group) is 1. The van der Waals surface area contributed by atoms with Crippen LogP contribution < -0.4 is 0 Å². The van der Waals surface area contributed by atoms with Gasteiger partial charge in [-0.1, -0.05) is 6.07 Å². The summed E-state index contributed by atoms with van der Waals surface area (Å²) in [6, 6.07) is 3.51. The Kier molecular flexibility index (Phi) is 5.68. The van der Waals surface area contributed by atoms with Crippen molar-refractivity contribution in [3.05, 3.63) is 47.0 Å². The number of carbonyl (C=O) groups is 1. The molecule has 1 amide bonds. The summed E-state index contributed by atoms with van der Waals surface area (Å²) in [4.78, 5) is 21.6. The minimum absolute atomic E-state index is 0.0718. The van der Waals surface area contributed by atoms with Crippen molar-refractivity contribution in [2.45, 2.75) is 26.4 Å². The minimum atomic E-state index is -0.338. The van der Waals surface area contributed by atoms with Crippen molar-refractivity contribution >= 4 is 5.91 Å². The molecular weight excluding hydrogens is 330 g/mol. The van der Waals surface area contributed by atoms with Crippen LogP contribution in [0.15, 0.2) is 24.5 Å². The maximum Gasteiger partial charge on any atom is 0.244 e. The minimum Gasteiger partial charge on any atom is -0.379 e. The first kappa shape index (κ1) is 18.5. The lowest BCUT2D eigenvalue weighted by Gasteiger charge is -2.35. The zero-order valence-electron chi connectivity index (χ0n) is 16.0. The van der Waals surface area contributed by atoms with E-state index in [1.165, 1.54) is 0 Å². The molecule has 140 valence electrons. The van der Waals surface area contributed by atoms with E-state index in [0.29, 0.717) is 19.8 Å². The van der Waals surface area contributed by atoms with Crippen LogP contribution in [0, 0.1) is 13.8 Å². The highest BCUT2D eigenvalue weighted by Crippen LogP contribution is 2.25. The van der Waals surface area contributed by atoms with Crippen molar-refractivity contribution in [1.29, 1.82) is 0 Å². The maximum atomic E-state index is 13.4. The van der Waals surface area contributed by atoms with Crippen LogP contribution in [-0.2, 0) is 23.1 Å². The lowest BCUT2D eigenvalue weighted by atomic mass is 10.0. The lowest BCUT2D eigenvalue weighted by molar-refractivity contribution is -0.138. The van der Waals surface area contributed by atoms with Gasteiger partial charge < -0.3 is 9.64 Å². The molecule has 0 radical (unpaired) electrons. The molecule has 7 heteroatoms. The molecule has 1 aliphatic heterocycles. The number of amides is 1. The Bertz CT molecular complexity index is 753. The predicted molar refractivity (Wildman–Crippen MR) is 98.5 cm³/mol. The molecule has 1 atom stereocenters. The second-order valence-electron chi connectivity index (χ2n) is 6.80. The Hall–Kier alpha value is -2.25. The van der Waals surface area contributed by atoms with Crippen LogP contribution >= 0.6 is 0 Å². The highest BCUT2D eigenvalue weighted by molar-refractivity contribution is 5.83. The molecule has 2 aromatic heterocycles. The van der Waals surface area contributed by atoms with Crippen molar-refractivity contribution in [3.63, 3.8) is 0 Å². The molecule has 3 heterocycles. The molecule has 26 heavy (non-hydrogen) atoms. The van der Waals surface area contributed by atoms with E-state index in [1.54, 1.807) is 17.3 Å². The molecule has 7 nitrogen and oxygen atoms in total. The molecule has 0 unspecified atom stereocenters. The average molecular weight is 357 g/mol. The van der Waals surface area contributed by atoms with E-state index in [-0.39, 0.29) is 11.9 Å². The number of rotatable bonds is 5. The Balaban J connectivity index is 1.84. The van der Waals surface area contributed by atoms with Crippen LogP contribution in [0.25, 0.3) is 0 Å². The van der Waals surface area contributed by atoms with Gasteiger partial charge in [0.05, 0.1) is 18.9 Å². The fourth-order valence-corrected chi connectivity index (χ4v) is 3.45. The second-order valence-corrected chi connectivity index (χ2v) is 6.80. The Labute approximate surface area is 154 Å². The normalized spacial score (nSPS) is 16.5. The highest BCUT2D eigenvalue weighted by Gasteiger charge is 2.31. The second kappa shape index (κ2) is 7.97. The molecule has 1 fully saturated rings. The van der Waals surface area contributed by atoms with Crippen molar-refractivity contribution in [2.75, 3.05) is 33.4 Å². The van der Waals surface area contributed by atoms with E-state index >= 15 is 0 Å². The van der Waals surface area contributed by atoms with E-state index in [9.17, 15) is 4.79 Å². The van der Waals surface area contributed by atoms with E-state index in [1.807, 2.05) is 44.8 Å². The first-order chi connectivity index (χ1) is 12.5. The van der Waals surface area contributed by atoms with Gasteiger partial charge in [-0.3, -0.25) is 19.4 Å². The number of aryl methyl sites for hydroxylation is 2. The Morgan fingerprint density at radius 3 is 2.65 bits per heavy atom. The first-order valence-electron chi connectivity index (χ1n) is 8.94. The van der Waals surface area contributed by atoms with Crippen LogP contribution in [0.4, 0.5) is 0 Å². The largest absolute Gasteiger partial charge is 0.379 e. The van der Waals surface area contributed by atoms with E-state index < -0.39 is 0 Å². The van der Waals surface area contributed by atoms with Crippen molar-refractivity contribution in [1.82, 2.24) is 24.6 Å². The van der Waals surface area contributed by atoms with E-state index in [0.717, 1.165) is 35.6 Å². The quantitative estimate of drug-likeness (QED) is 0.811. The van der Waals surface area contributed by atoms with Gasteiger partial charge in [-0.25, -0.2) is 0 Å². The van der Waals surface area contributed by atoms with E-state index in [2.05, 4.69) is 15.0 Å². The van der Waals surface area contributed by atoms with Crippen LogP contribution in [0.2, 0.25) is 0 Å². The molecule has 0 saturated carbocycles. The number of ether oxygens (including phenoxy) is 1. The highest BCUT2D eigenvalue weighted by atomic mass is 16.5. The summed E-state index contributed by atoms with van der Waals surface area (Å²) < 4.78 is 7.33. The first-order valence-corrected chi connectivity index (χ1v) is 8.94. The molecular formula is C19H27N5O2. The van der Waals surface area contributed by atoms with Gasteiger partial charge >= 0.3 is 0 Å². The topological polar surface area (TPSA) is 63.5 Å². The van der Waals surface area contributed by atoms with Crippen molar-refractivity contribution in [2.24, 2.45) is 7.05 Å². The molecule has 0 spiro atoms. The number of hydrogen-bond donors (Lipinski definition) is 0. The molecule has 0 aromatic carbocycles. The molecule has 0 aliphatic carbocycles. The third-order valence-corrected chi connectivity index (χ3v) is 5.08. The van der Waals surface area contributed by atoms with Gasteiger partial charge in [0.15, 0.2) is 0 Å². The number of nitrogens with zero attached hydrogens (tertiary/aromatic N) is 5. The maximum absolute atomic E-state index is 13.4. The third kappa shape index (κ3) is 3.78. The van der Waals surface area contributed by atoms with E-state index in [4.69, 9.17) is 4.74 Å². The number of hydrogen-bond acceptors (Lipinski definition) is 5. The molecule has 3 rings (SSSR count). The van der Waals surface area contributed by atoms with Crippen LogP contribution in [-0.4, -0.2) is 63.8 Å². The summed E-state index contributed by atoms with van der Waals surface area (Å²) in [5.41, 5.74) is 4.08. The lowest BCUT2D eigenvalue weighted by Crippen LogP contribution is -2.46. The van der Waals surface area contributed by atoms with Gasteiger partial charge in [0.25, 0.3) is 0 Å². The summed E-state index contributed by atoms with van der Waals surface area (Å²) in [6.45, 7) is 7.35. The van der Waals surface area contributed by atoms with Crippen LogP contribution in [0.5, 0.6) is 0 Å². The summed E-state index contributed by atoms with van der Waals surface area (Å²) in [5, 5.41) is 4.46. The number of aromatic nitrogens is 3. The van der Waals surface area contributed by atoms with Crippen molar-refractivity contribution in [3.8, 4) is 0 Å². The summed E-state index contributed by atoms with van der Waals surface area (Å²) in [7, 11) is 3.79. The van der Waals surface area contributed by atoms with Gasteiger partial charge in [0, 0.05) is 57.4 Å². The molecule has 0 bridgehead atoms.